The van der Waals surface area contributed by atoms with Gasteiger partial charge in [-0.2, -0.15) is 0 Å². The van der Waals surface area contributed by atoms with Crippen LogP contribution in [0.2, 0.25) is 0 Å². The average molecular weight is 927 g/mol. The van der Waals surface area contributed by atoms with Gasteiger partial charge in [-0.15, -0.1) is 0 Å². The van der Waals surface area contributed by atoms with E-state index >= 15 is 0 Å². The monoisotopic (exact) mass is 926 g/mol. The molecule has 5 heterocycles. The predicted octanol–water partition coefficient (Wildman–Crippen LogP) is 17.4. The van der Waals surface area contributed by atoms with Gasteiger partial charge in [-0.1, -0.05) is 146 Å². The molecule has 2 N–H and O–H groups in total. The summed E-state index contributed by atoms with van der Waals surface area (Å²) in [5.41, 5.74) is 20.2. The van der Waals surface area contributed by atoms with Crippen LogP contribution in [0, 0.1) is 0 Å². The van der Waals surface area contributed by atoms with Crippen LogP contribution in [0.4, 0.5) is 28.4 Å². The van der Waals surface area contributed by atoms with E-state index in [0.717, 1.165) is 80.2 Å². The van der Waals surface area contributed by atoms with Gasteiger partial charge in [-0.05, 0) is 114 Å². The first kappa shape index (κ1) is 40.6. The summed E-state index contributed by atoms with van der Waals surface area (Å²) in [6, 6.07) is 68.4. The molecule has 0 saturated heterocycles. The van der Waals surface area contributed by atoms with E-state index in [2.05, 4.69) is 232 Å². The van der Waals surface area contributed by atoms with Gasteiger partial charge in [0.2, 0.25) is 0 Å². The number of aromatic nitrogens is 1. The van der Waals surface area contributed by atoms with Crippen molar-refractivity contribution in [3.8, 4) is 28.0 Å². The maximum atomic E-state index is 6.65. The van der Waals surface area contributed by atoms with Gasteiger partial charge in [0.25, 0.3) is 0 Å². The van der Waals surface area contributed by atoms with Gasteiger partial charge in [0, 0.05) is 77.8 Å². The number of furan rings is 1. The highest BCUT2D eigenvalue weighted by Gasteiger charge is 2.28. The number of ether oxygens (including phenoxy) is 1. The fourth-order valence-electron chi connectivity index (χ4n) is 11.8. The number of nitrogens with zero attached hydrogens (tertiary/aromatic N) is 2. The molecule has 15 rings (SSSR count). The lowest BCUT2D eigenvalue weighted by Gasteiger charge is -2.30. The minimum Gasteiger partial charge on any atom is -0.487 e. The van der Waals surface area contributed by atoms with Crippen LogP contribution in [0.1, 0.15) is 23.5 Å². The number of rotatable bonds is 6. The minimum atomic E-state index is 0.144. The molecule has 342 valence electrons. The lowest BCUT2D eigenvalue weighted by molar-refractivity contribution is 0.361. The van der Waals surface area contributed by atoms with Gasteiger partial charge in [0.1, 0.15) is 17.9 Å². The van der Waals surface area contributed by atoms with Crippen molar-refractivity contribution in [2.24, 2.45) is 0 Å². The van der Waals surface area contributed by atoms with Crippen LogP contribution < -0.4 is 20.3 Å². The first-order chi connectivity index (χ1) is 35.7. The highest BCUT2D eigenvalue weighted by atomic mass is 16.5. The van der Waals surface area contributed by atoms with Crippen LogP contribution >= 0.6 is 0 Å². The molecule has 0 fully saturated rings. The van der Waals surface area contributed by atoms with Gasteiger partial charge in [-0.3, -0.25) is 0 Å². The fraction of sp³-hybridized carbons (Fsp3) is 0.0606. The Morgan fingerprint density at radius 2 is 1.32 bits per heavy atom. The molecule has 0 saturated carbocycles. The topological polar surface area (TPSA) is 54.1 Å². The molecule has 9 aromatic carbocycles. The van der Waals surface area contributed by atoms with E-state index in [1.54, 1.807) is 0 Å². The van der Waals surface area contributed by atoms with Crippen molar-refractivity contribution in [2.45, 2.75) is 18.8 Å². The number of nitrogens with one attached hydrogen (secondary N) is 2. The minimum absolute atomic E-state index is 0.144. The van der Waals surface area contributed by atoms with Gasteiger partial charge >= 0.3 is 0 Å². The third kappa shape index (κ3) is 6.42. The van der Waals surface area contributed by atoms with E-state index in [1.165, 1.54) is 71.6 Å². The summed E-state index contributed by atoms with van der Waals surface area (Å²) in [5, 5.41) is 14.9. The second-order valence-electron chi connectivity index (χ2n) is 19.3. The molecule has 6 heteroatoms. The number of hydrogen-bond acceptors (Lipinski definition) is 5. The number of hydrogen-bond donors (Lipinski definition) is 2. The standard InChI is InChI=1S/C66H46N4O2/c1-2-9-35-71-65-43(16-4-1)17-11-25-61(65)69(47-30-27-42(28-31-47)41-14-5-3-6-15-41)48-32-34-60-55(38-48)50-21-12-22-51-56-39-59-54(40-62(56)70(60)64(50)51)45-19-10-18-44(36-45)53-37-46(29-33-57(53)68-59)67-58-24-13-23-52-49-20-7-8-26-63(49)72-66(52)58/h1-15,17-34,36,38-40,53,67-68H,16,35,37H2/b4-1-,9-2-. The van der Waals surface area contributed by atoms with E-state index in [4.69, 9.17) is 9.15 Å². The Kier molecular flexibility index (Phi) is 9.11. The summed E-state index contributed by atoms with van der Waals surface area (Å²) in [6.07, 6.45) is 14.5. The molecule has 6 nitrogen and oxygen atoms in total. The number of anilines is 5. The normalized spacial score (nSPS) is 16.1. The number of para-hydroxylation sites is 4. The molecule has 0 spiro atoms. The molecule has 12 aromatic rings. The molecular weight excluding hydrogens is 881 g/mol. The Bertz CT molecular complexity index is 4280. The zero-order valence-electron chi connectivity index (χ0n) is 39.3. The van der Waals surface area contributed by atoms with Crippen molar-refractivity contribution in [3.05, 3.63) is 247 Å². The van der Waals surface area contributed by atoms with Crippen LogP contribution in [0.3, 0.4) is 0 Å². The Morgan fingerprint density at radius 1 is 0.569 bits per heavy atom. The summed E-state index contributed by atoms with van der Waals surface area (Å²) in [7, 11) is 0. The van der Waals surface area contributed by atoms with Gasteiger partial charge in [0.05, 0.1) is 27.9 Å². The quantitative estimate of drug-likeness (QED) is 0.174. The molecule has 3 aliphatic rings. The zero-order valence-corrected chi connectivity index (χ0v) is 39.3. The Labute approximate surface area is 416 Å². The summed E-state index contributed by atoms with van der Waals surface area (Å²) in [6.45, 7) is 0.490. The molecule has 2 aliphatic heterocycles. The van der Waals surface area contributed by atoms with E-state index in [1.807, 2.05) is 12.1 Å². The molecule has 2 bridgehead atoms. The first-order valence-corrected chi connectivity index (χ1v) is 24.9. The smallest absolute Gasteiger partial charge is 0.158 e. The maximum absolute atomic E-state index is 6.65. The molecular formula is C66H46N4O2. The highest BCUT2D eigenvalue weighted by Crippen LogP contribution is 2.49. The largest absolute Gasteiger partial charge is 0.487 e. The van der Waals surface area contributed by atoms with E-state index in [0.29, 0.717) is 6.61 Å². The van der Waals surface area contributed by atoms with Crippen LogP contribution in [-0.4, -0.2) is 11.0 Å². The van der Waals surface area contributed by atoms with Crippen LogP contribution in [0.5, 0.6) is 5.75 Å². The van der Waals surface area contributed by atoms with Crippen LogP contribution in [-0.2, 0) is 6.42 Å². The van der Waals surface area contributed by atoms with E-state index < -0.39 is 0 Å². The van der Waals surface area contributed by atoms with E-state index in [9.17, 15) is 0 Å². The lowest BCUT2D eigenvalue weighted by Crippen LogP contribution is -2.18. The molecule has 1 aliphatic carbocycles. The molecule has 0 radical (unpaired) electrons. The third-order valence-electron chi connectivity index (χ3n) is 15.1. The summed E-state index contributed by atoms with van der Waals surface area (Å²) in [5.74, 6) is 1.04. The van der Waals surface area contributed by atoms with Crippen LogP contribution in [0.25, 0.3) is 82.3 Å². The summed E-state index contributed by atoms with van der Waals surface area (Å²) >= 11 is 0. The lowest BCUT2D eigenvalue weighted by atomic mass is 9.84. The van der Waals surface area contributed by atoms with Gasteiger partial charge in [-0.25, -0.2) is 0 Å². The van der Waals surface area contributed by atoms with Crippen molar-refractivity contribution in [3.63, 3.8) is 0 Å². The molecule has 1 unspecified atom stereocenters. The maximum Gasteiger partial charge on any atom is 0.158 e. The zero-order chi connectivity index (χ0) is 47.3. The Morgan fingerprint density at radius 3 is 2.24 bits per heavy atom. The van der Waals surface area contributed by atoms with Crippen LogP contribution in [0.15, 0.2) is 240 Å². The van der Waals surface area contributed by atoms with Crippen molar-refractivity contribution < 1.29 is 9.15 Å². The van der Waals surface area contributed by atoms with Crippen molar-refractivity contribution in [2.75, 3.05) is 22.1 Å². The fourth-order valence-corrected chi connectivity index (χ4v) is 11.8. The number of fused-ring (bicyclic) bond motifs is 16. The molecule has 72 heavy (non-hydrogen) atoms. The Balaban J connectivity index is 0.848. The second-order valence-corrected chi connectivity index (χ2v) is 19.3. The molecule has 3 aromatic heterocycles. The molecule has 1 atom stereocenters. The van der Waals surface area contributed by atoms with E-state index in [-0.39, 0.29) is 5.92 Å². The van der Waals surface area contributed by atoms with Gasteiger partial charge in [0.15, 0.2) is 5.58 Å². The van der Waals surface area contributed by atoms with Gasteiger partial charge < -0.3 is 29.1 Å². The summed E-state index contributed by atoms with van der Waals surface area (Å²) in [4.78, 5) is 2.37. The SMILES string of the molecule is C1=C(Nc2cccc3c2oc2ccccc23)CC2C(=C1)Nc1cc3c4cccc5c6cc(N(c7ccc(-c8ccccc8)cc7)c7cccc8c7OC/C=C\C=C/C8)ccc6n(c3cc1-c1cccc2c1)c54. The third-order valence-corrected chi connectivity index (χ3v) is 15.1. The number of allylic oxidation sites excluding steroid dienone is 7. The highest BCUT2D eigenvalue weighted by molar-refractivity contribution is 6.24. The van der Waals surface area contributed by atoms with Crippen molar-refractivity contribution >= 4 is 88.5 Å². The molecule has 0 amide bonds. The first-order valence-electron chi connectivity index (χ1n) is 24.9. The second kappa shape index (κ2) is 16.2. The Hall–Kier alpha value is -9.26. The predicted molar refractivity (Wildman–Crippen MR) is 299 cm³/mol. The van der Waals surface area contributed by atoms with Crippen molar-refractivity contribution in [1.29, 1.82) is 0 Å². The summed E-state index contributed by atoms with van der Waals surface area (Å²) < 4.78 is 15.5. The average Bonchev–Trinajstić information content (AvgIpc) is 4.11. The number of benzene rings is 9. The van der Waals surface area contributed by atoms with Crippen molar-refractivity contribution in [1.82, 2.24) is 4.40 Å².